The Balaban J connectivity index is 1.65. The van der Waals surface area contributed by atoms with E-state index in [9.17, 15) is 9.59 Å². The van der Waals surface area contributed by atoms with Gasteiger partial charge in [-0.1, -0.05) is 24.3 Å². The Bertz CT molecular complexity index is 1040. The predicted molar refractivity (Wildman–Crippen MR) is 110 cm³/mol. The maximum Gasteiger partial charge on any atom is 0.343 e. The Hall–Kier alpha value is -3.87. The highest BCUT2D eigenvalue weighted by Crippen LogP contribution is 2.25. The van der Waals surface area contributed by atoms with Crippen LogP contribution in [0.1, 0.15) is 15.9 Å². The first-order valence-electron chi connectivity index (χ1n) is 8.80. The van der Waals surface area contributed by atoms with Crippen molar-refractivity contribution in [3.8, 4) is 11.5 Å². The van der Waals surface area contributed by atoms with E-state index in [1.165, 1.54) is 20.4 Å². The highest BCUT2D eigenvalue weighted by atomic mass is 16.6. The number of hydrogen-bond acceptors (Lipinski definition) is 6. The number of hydrogen-bond donors (Lipinski definition) is 1. The number of nitrogens with zero attached hydrogens (tertiary/aromatic N) is 1. The van der Waals surface area contributed by atoms with Crippen LogP contribution >= 0.6 is 0 Å². The minimum Gasteiger partial charge on any atom is -0.496 e. The van der Waals surface area contributed by atoms with Crippen LogP contribution in [0.5, 0.6) is 11.5 Å². The Labute approximate surface area is 167 Å². The lowest BCUT2D eigenvalue weighted by molar-refractivity contribution is -0.142. The number of amides is 1. The van der Waals surface area contributed by atoms with Crippen LogP contribution in [-0.4, -0.2) is 38.9 Å². The number of rotatable bonds is 7. The average molecular weight is 392 g/mol. The van der Waals surface area contributed by atoms with E-state index in [4.69, 9.17) is 9.47 Å². The standard InChI is InChI=1S/C22H20N2O5/c1-27-20-12-17-6-4-3-5-16(17)11-19(20)22(26)24-23-13-15-7-9-18(10-8-15)29-14-21(25)28-2/h3-13H,14H2,1-2H3,(H,24,26). The Kier molecular flexibility index (Phi) is 6.42. The van der Waals surface area contributed by atoms with Gasteiger partial charge in [0.05, 0.1) is 26.0 Å². The quantitative estimate of drug-likeness (QED) is 0.379. The zero-order valence-electron chi connectivity index (χ0n) is 16.0. The van der Waals surface area contributed by atoms with Crippen molar-refractivity contribution >= 4 is 28.9 Å². The molecule has 0 unspecified atom stereocenters. The second-order valence-corrected chi connectivity index (χ2v) is 6.03. The molecular formula is C22H20N2O5. The topological polar surface area (TPSA) is 86.2 Å². The van der Waals surface area contributed by atoms with Gasteiger partial charge in [-0.15, -0.1) is 0 Å². The molecule has 7 nitrogen and oxygen atoms in total. The van der Waals surface area contributed by atoms with Crippen molar-refractivity contribution < 1.29 is 23.8 Å². The lowest BCUT2D eigenvalue weighted by Crippen LogP contribution is -2.18. The van der Waals surface area contributed by atoms with Gasteiger partial charge < -0.3 is 14.2 Å². The van der Waals surface area contributed by atoms with E-state index in [0.29, 0.717) is 17.1 Å². The first kappa shape index (κ1) is 19.9. The number of ether oxygens (including phenoxy) is 3. The van der Waals surface area contributed by atoms with Crippen LogP contribution < -0.4 is 14.9 Å². The summed E-state index contributed by atoms with van der Waals surface area (Å²) in [6, 6.07) is 18.2. The molecule has 0 saturated heterocycles. The molecule has 3 aromatic rings. The highest BCUT2D eigenvalue weighted by Gasteiger charge is 2.13. The minimum absolute atomic E-state index is 0.159. The van der Waals surface area contributed by atoms with Crippen LogP contribution in [0, 0.1) is 0 Å². The molecule has 0 aromatic heterocycles. The van der Waals surface area contributed by atoms with E-state index in [1.54, 1.807) is 30.3 Å². The van der Waals surface area contributed by atoms with Crippen molar-refractivity contribution in [1.82, 2.24) is 5.43 Å². The number of methoxy groups -OCH3 is 2. The molecule has 7 heteroatoms. The molecule has 0 aliphatic carbocycles. The van der Waals surface area contributed by atoms with Gasteiger partial charge >= 0.3 is 5.97 Å². The molecule has 0 aliphatic heterocycles. The smallest absolute Gasteiger partial charge is 0.343 e. The number of fused-ring (bicyclic) bond motifs is 1. The van der Waals surface area contributed by atoms with Crippen molar-refractivity contribution in [3.63, 3.8) is 0 Å². The van der Waals surface area contributed by atoms with E-state index < -0.39 is 5.97 Å². The third kappa shape index (κ3) is 5.10. The lowest BCUT2D eigenvalue weighted by atomic mass is 10.1. The normalized spacial score (nSPS) is 10.7. The zero-order chi connectivity index (χ0) is 20.6. The Morgan fingerprint density at radius 3 is 2.34 bits per heavy atom. The molecule has 0 bridgehead atoms. The molecule has 0 atom stereocenters. The van der Waals surface area contributed by atoms with Gasteiger partial charge in [0.2, 0.25) is 0 Å². The number of esters is 1. The summed E-state index contributed by atoms with van der Waals surface area (Å²) in [7, 11) is 2.82. The Morgan fingerprint density at radius 2 is 1.69 bits per heavy atom. The fraction of sp³-hybridized carbons (Fsp3) is 0.136. The summed E-state index contributed by atoms with van der Waals surface area (Å²) in [6.45, 7) is -0.159. The maximum absolute atomic E-state index is 12.5. The van der Waals surface area contributed by atoms with E-state index in [0.717, 1.165) is 16.3 Å². The first-order valence-corrected chi connectivity index (χ1v) is 8.80. The lowest BCUT2D eigenvalue weighted by Gasteiger charge is -2.09. The van der Waals surface area contributed by atoms with Crippen LogP contribution in [0.2, 0.25) is 0 Å². The minimum atomic E-state index is -0.456. The van der Waals surface area contributed by atoms with E-state index in [2.05, 4.69) is 15.3 Å². The fourth-order valence-corrected chi connectivity index (χ4v) is 2.64. The zero-order valence-corrected chi connectivity index (χ0v) is 16.0. The van der Waals surface area contributed by atoms with Crippen molar-refractivity contribution in [2.24, 2.45) is 5.10 Å². The highest BCUT2D eigenvalue weighted by molar-refractivity contribution is 6.01. The fourth-order valence-electron chi connectivity index (χ4n) is 2.64. The number of nitrogens with one attached hydrogen (secondary N) is 1. The number of benzene rings is 3. The van der Waals surface area contributed by atoms with Crippen LogP contribution in [0.4, 0.5) is 0 Å². The molecule has 0 heterocycles. The molecule has 0 spiro atoms. The summed E-state index contributed by atoms with van der Waals surface area (Å²) in [5.41, 5.74) is 3.66. The average Bonchev–Trinajstić information content (AvgIpc) is 2.77. The summed E-state index contributed by atoms with van der Waals surface area (Å²) < 4.78 is 15.1. The Morgan fingerprint density at radius 1 is 1.00 bits per heavy atom. The van der Waals surface area contributed by atoms with Crippen LogP contribution in [-0.2, 0) is 9.53 Å². The van der Waals surface area contributed by atoms with Crippen molar-refractivity contribution in [1.29, 1.82) is 0 Å². The molecule has 3 rings (SSSR count). The van der Waals surface area contributed by atoms with E-state index in [1.807, 2.05) is 30.3 Å². The molecule has 0 aliphatic rings. The molecule has 1 N–H and O–H groups in total. The van der Waals surface area contributed by atoms with Gasteiger partial charge in [-0.3, -0.25) is 4.79 Å². The second-order valence-electron chi connectivity index (χ2n) is 6.03. The van der Waals surface area contributed by atoms with Crippen molar-refractivity contribution in [2.45, 2.75) is 0 Å². The van der Waals surface area contributed by atoms with Gasteiger partial charge in [0, 0.05) is 0 Å². The second kappa shape index (κ2) is 9.36. The summed E-state index contributed by atoms with van der Waals surface area (Å²) in [5.74, 6) is 0.172. The molecule has 29 heavy (non-hydrogen) atoms. The molecule has 0 saturated carbocycles. The van der Waals surface area contributed by atoms with Crippen LogP contribution in [0.15, 0.2) is 65.8 Å². The number of carbonyl (C=O) groups excluding carboxylic acids is 2. The number of carbonyl (C=O) groups is 2. The van der Waals surface area contributed by atoms with Gasteiger partial charge in [-0.25, -0.2) is 10.2 Å². The van der Waals surface area contributed by atoms with Crippen molar-refractivity contribution in [2.75, 3.05) is 20.8 Å². The van der Waals surface area contributed by atoms with Gasteiger partial charge in [0.25, 0.3) is 5.91 Å². The van der Waals surface area contributed by atoms with Crippen molar-refractivity contribution in [3.05, 3.63) is 71.8 Å². The SMILES string of the molecule is COC(=O)COc1ccc(C=NNC(=O)c2cc3ccccc3cc2OC)cc1. The molecule has 3 aromatic carbocycles. The molecule has 1 amide bonds. The van der Waals surface area contributed by atoms with Gasteiger partial charge in [0.15, 0.2) is 6.61 Å². The third-order valence-corrected chi connectivity index (χ3v) is 4.16. The predicted octanol–water partition coefficient (Wildman–Crippen LogP) is 3.16. The summed E-state index contributed by atoms with van der Waals surface area (Å²) in [6.07, 6.45) is 1.51. The summed E-state index contributed by atoms with van der Waals surface area (Å²) in [5, 5.41) is 5.92. The molecule has 0 fully saturated rings. The van der Waals surface area contributed by atoms with E-state index in [-0.39, 0.29) is 12.5 Å². The van der Waals surface area contributed by atoms with Gasteiger partial charge in [-0.05, 0) is 52.7 Å². The van der Waals surface area contributed by atoms with Crippen LogP contribution in [0.25, 0.3) is 10.8 Å². The van der Waals surface area contributed by atoms with E-state index >= 15 is 0 Å². The summed E-state index contributed by atoms with van der Waals surface area (Å²) in [4.78, 5) is 23.6. The largest absolute Gasteiger partial charge is 0.496 e. The molecule has 0 radical (unpaired) electrons. The molecule has 148 valence electrons. The number of hydrazone groups is 1. The van der Waals surface area contributed by atoms with Crippen LogP contribution in [0.3, 0.4) is 0 Å². The van der Waals surface area contributed by atoms with Gasteiger partial charge in [0.1, 0.15) is 11.5 Å². The first-order chi connectivity index (χ1) is 14.1. The summed E-state index contributed by atoms with van der Waals surface area (Å²) >= 11 is 0. The van der Waals surface area contributed by atoms with Gasteiger partial charge in [-0.2, -0.15) is 5.10 Å². The molecular weight excluding hydrogens is 372 g/mol. The third-order valence-electron chi connectivity index (χ3n) is 4.16. The maximum atomic E-state index is 12.5. The monoisotopic (exact) mass is 392 g/mol.